The molecular weight excluding hydrogens is 418 g/mol. The molecule has 9 heteroatoms. The van der Waals surface area contributed by atoms with Crippen LogP contribution in [0.5, 0.6) is 5.75 Å². The standard InChI is InChI=1S/C22H25N3O5S/c1-2-29-19-10-9-16(15-20(19)31(27,28)25-13-5-6-14-25)23-21(26)11-12-22-24-17-7-3-4-8-18(17)30-22/h3-4,7-10,15H,2,5-6,11-14H2,1H3,(H,23,26). The van der Waals surface area contributed by atoms with E-state index in [0.29, 0.717) is 49.0 Å². The first-order valence-corrected chi connectivity index (χ1v) is 11.8. The maximum absolute atomic E-state index is 13.1. The lowest BCUT2D eigenvalue weighted by molar-refractivity contribution is -0.116. The van der Waals surface area contributed by atoms with Crippen LogP contribution in [0.4, 0.5) is 5.69 Å². The summed E-state index contributed by atoms with van der Waals surface area (Å²) in [5.41, 5.74) is 1.84. The van der Waals surface area contributed by atoms with E-state index in [2.05, 4.69) is 10.3 Å². The molecule has 1 N–H and O–H groups in total. The third kappa shape index (κ3) is 4.72. The maximum Gasteiger partial charge on any atom is 0.246 e. The van der Waals surface area contributed by atoms with Crippen molar-refractivity contribution in [2.24, 2.45) is 0 Å². The minimum absolute atomic E-state index is 0.0769. The molecule has 0 unspecified atom stereocenters. The Kier molecular flexibility index (Phi) is 6.24. The number of para-hydroxylation sites is 2. The first-order chi connectivity index (χ1) is 15.0. The summed E-state index contributed by atoms with van der Waals surface area (Å²) in [4.78, 5) is 16.9. The number of aryl methyl sites for hydroxylation is 1. The number of amides is 1. The van der Waals surface area contributed by atoms with Gasteiger partial charge in [-0.05, 0) is 50.1 Å². The molecule has 3 aromatic rings. The maximum atomic E-state index is 13.1. The van der Waals surface area contributed by atoms with Gasteiger partial charge in [0.25, 0.3) is 0 Å². The summed E-state index contributed by atoms with van der Waals surface area (Å²) in [5.74, 6) is 0.523. The summed E-state index contributed by atoms with van der Waals surface area (Å²) in [5, 5.41) is 2.77. The van der Waals surface area contributed by atoms with Crippen molar-refractivity contribution < 1.29 is 22.4 Å². The molecule has 0 aliphatic carbocycles. The van der Waals surface area contributed by atoms with E-state index < -0.39 is 10.0 Å². The van der Waals surface area contributed by atoms with Crippen molar-refractivity contribution in [2.45, 2.75) is 37.5 Å². The number of nitrogens with zero attached hydrogens (tertiary/aromatic N) is 2. The van der Waals surface area contributed by atoms with Crippen molar-refractivity contribution in [3.63, 3.8) is 0 Å². The number of hydrogen-bond acceptors (Lipinski definition) is 6. The molecule has 8 nitrogen and oxygen atoms in total. The fraction of sp³-hybridized carbons (Fsp3) is 0.364. The number of ether oxygens (including phenoxy) is 1. The van der Waals surface area contributed by atoms with E-state index in [9.17, 15) is 13.2 Å². The van der Waals surface area contributed by atoms with Crippen molar-refractivity contribution in [3.8, 4) is 5.75 Å². The second kappa shape index (κ2) is 9.07. The fourth-order valence-electron chi connectivity index (χ4n) is 3.60. The highest BCUT2D eigenvalue weighted by Crippen LogP contribution is 2.31. The fourth-order valence-corrected chi connectivity index (χ4v) is 5.27. The lowest BCUT2D eigenvalue weighted by Gasteiger charge is -2.19. The van der Waals surface area contributed by atoms with Gasteiger partial charge < -0.3 is 14.5 Å². The van der Waals surface area contributed by atoms with E-state index >= 15 is 0 Å². The van der Waals surface area contributed by atoms with Gasteiger partial charge in [-0.25, -0.2) is 13.4 Å². The second-order valence-corrected chi connectivity index (χ2v) is 9.24. The highest BCUT2D eigenvalue weighted by Gasteiger charge is 2.30. The average molecular weight is 444 g/mol. The molecule has 2 heterocycles. The zero-order valence-electron chi connectivity index (χ0n) is 17.3. The number of oxazole rings is 1. The summed E-state index contributed by atoms with van der Waals surface area (Å²) < 4.78 is 38.8. The molecule has 1 aliphatic rings. The number of fused-ring (bicyclic) bond motifs is 1. The van der Waals surface area contributed by atoms with E-state index in [-0.39, 0.29) is 17.2 Å². The van der Waals surface area contributed by atoms with Crippen LogP contribution >= 0.6 is 0 Å². The summed E-state index contributed by atoms with van der Waals surface area (Å²) >= 11 is 0. The number of anilines is 1. The lowest BCUT2D eigenvalue weighted by atomic mass is 10.2. The van der Waals surface area contributed by atoms with Gasteiger partial charge in [0.05, 0.1) is 6.61 Å². The van der Waals surface area contributed by atoms with E-state index in [4.69, 9.17) is 9.15 Å². The zero-order chi connectivity index (χ0) is 21.8. The molecule has 1 saturated heterocycles. The second-order valence-electron chi connectivity index (χ2n) is 7.33. The van der Waals surface area contributed by atoms with Crippen LogP contribution in [0, 0.1) is 0 Å². The Morgan fingerprint density at radius 2 is 1.97 bits per heavy atom. The SMILES string of the molecule is CCOc1ccc(NC(=O)CCc2nc3ccccc3o2)cc1S(=O)(=O)N1CCCC1. The van der Waals surface area contributed by atoms with Crippen molar-refractivity contribution in [1.29, 1.82) is 0 Å². The molecule has 0 atom stereocenters. The minimum Gasteiger partial charge on any atom is -0.492 e. The molecular formula is C22H25N3O5S. The minimum atomic E-state index is -3.69. The third-order valence-electron chi connectivity index (χ3n) is 5.11. The Hall–Kier alpha value is -2.91. The zero-order valence-corrected chi connectivity index (χ0v) is 18.2. The van der Waals surface area contributed by atoms with Crippen molar-refractivity contribution in [3.05, 3.63) is 48.4 Å². The summed E-state index contributed by atoms with van der Waals surface area (Å²) in [7, 11) is -3.69. The van der Waals surface area contributed by atoms with Gasteiger partial charge >= 0.3 is 0 Å². The molecule has 2 aromatic carbocycles. The van der Waals surface area contributed by atoms with Crippen LogP contribution in [-0.2, 0) is 21.2 Å². The van der Waals surface area contributed by atoms with Crippen molar-refractivity contribution >= 4 is 32.7 Å². The topological polar surface area (TPSA) is 102 Å². The summed E-state index contributed by atoms with van der Waals surface area (Å²) in [6.07, 6.45) is 2.19. The summed E-state index contributed by atoms with van der Waals surface area (Å²) in [6, 6.07) is 12.1. The number of aromatic nitrogens is 1. The Bertz CT molecular complexity index is 1150. The summed E-state index contributed by atoms with van der Waals surface area (Å²) in [6.45, 7) is 3.14. The van der Waals surface area contributed by atoms with Gasteiger partial charge in [0.2, 0.25) is 15.9 Å². The molecule has 0 saturated carbocycles. The number of sulfonamides is 1. The van der Waals surface area contributed by atoms with Gasteiger partial charge in [0.15, 0.2) is 11.5 Å². The molecule has 4 rings (SSSR count). The first kappa shape index (κ1) is 21.3. The molecule has 1 aliphatic heterocycles. The number of carbonyl (C=O) groups is 1. The lowest BCUT2D eigenvalue weighted by Crippen LogP contribution is -2.28. The van der Waals surface area contributed by atoms with Gasteiger partial charge in [-0.3, -0.25) is 4.79 Å². The molecule has 0 spiro atoms. The van der Waals surface area contributed by atoms with Crippen LogP contribution in [0.25, 0.3) is 11.1 Å². The van der Waals surface area contributed by atoms with E-state index in [1.54, 1.807) is 19.1 Å². The smallest absolute Gasteiger partial charge is 0.246 e. The monoisotopic (exact) mass is 443 g/mol. The Morgan fingerprint density at radius 1 is 1.19 bits per heavy atom. The van der Waals surface area contributed by atoms with E-state index in [1.165, 1.54) is 10.4 Å². The predicted octanol–water partition coefficient (Wildman–Crippen LogP) is 3.58. The van der Waals surface area contributed by atoms with Gasteiger partial charge in [-0.2, -0.15) is 4.31 Å². The van der Waals surface area contributed by atoms with Crippen molar-refractivity contribution in [2.75, 3.05) is 25.0 Å². The molecule has 1 fully saturated rings. The van der Waals surface area contributed by atoms with Crippen LogP contribution in [0.2, 0.25) is 0 Å². The van der Waals surface area contributed by atoms with E-state index in [0.717, 1.165) is 18.4 Å². The molecule has 1 aromatic heterocycles. The predicted molar refractivity (Wildman–Crippen MR) is 117 cm³/mol. The Labute approximate surface area is 181 Å². The molecule has 164 valence electrons. The Balaban J connectivity index is 1.47. The highest BCUT2D eigenvalue weighted by atomic mass is 32.2. The number of rotatable bonds is 8. The average Bonchev–Trinajstić information content (AvgIpc) is 3.43. The molecule has 31 heavy (non-hydrogen) atoms. The van der Waals surface area contributed by atoms with Crippen molar-refractivity contribution in [1.82, 2.24) is 9.29 Å². The van der Waals surface area contributed by atoms with Crippen LogP contribution in [0.3, 0.4) is 0 Å². The van der Waals surface area contributed by atoms with Crippen LogP contribution in [-0.4, -0.2) is 43.3 Å². The van der Waals surface area contributed by atoms with Gasteiger partial charge in [-0.15, -0.1) is 0 Å². The molecule has 0 bridgehead atoms. The third-order valence-corrected chi connectivity index (χ3v) is 7.03. The van der Waals surface area contributed by atoms with Gasteiger partial charge in [0, 0.05) is 31.6 Å². The van der Waals surface area contributed by atoms with Crippen LogP contribution < -0.4 is 10.1 Å². The highest BCUT2D eigenvalue weighted by molar-refractivity contribution is 7.89. The van der Waals surface area contributed by atoms with Gasteiger partial charge in [-0.1, -0.05) is 12.1 Å². The van der Waals surface area contributed by atoms with E-state index in [1.807, 2.05) is 24.3 Å². The normalized spacial score (nSPS) is 14.7. The molecule has 0 radical (unpaired) electrons. The first-order valence-electron chi connectivity index (χ1n) is 10.4. The number of carbonyl (C=O) groups excluding carboxylic acids is 1. The van der Waals surface area contributed by atoms with Crippen LogP contribution in [0.1, 0.15) is 32.1 Å². The molecule has 1 amide bonds. The van der Waals surface area contributed by atoms with Crippen LogP contribution in [0.15, 0.2) is 51.8 Å². The quantitative estimate of drug-likeness (QED) is 0.571. The number of hydrogen-bond donors (Lipinski definition) is 1. The number of benzene rings is 2. The number of nitrogens with one attached hydrogen (secondary N) is 1. The Morgan fingerprint density at radius 3 is 2.71 bits per heavy atom. The largest absolute Gasteiger partial charge is 0.492 e. The van der Waals surface area contributed by atoms with Gasteiger partial charge in [0.1, 0.15) is 16.2 Å².